The summed E-state index contributed by atoms with van der Waals surface area (Å²) in [6.45, 7) is 2.13. The van der Waals surface area contributed by atoms with Crippen LogP contribution in [0.15, 0.2) is 42.7 Å². The Hall–Kier alpha value is -2.31. The quantitative estimate of drug-likeness (QED) is 0.903. The summed E-state index contributed by atoms with van der Waals surface area (Å²) in [7, 11) is 3.14. The topological polar surface area (TPSA) is 63.7 Å². The zero-order chi connectivity index (χ0) is 16.9. The van der Waals surface area contributed by atoms with Crippen molar-refractivity contribution in [2.24, 2.45) is 0 Å². The second kappa shape index (κ2) is 8.69. The third-order valence-electron chi connectivity index (χ3n) is 4.20. The van der Waals surface area contributed by atoms with E-state index in [1.165, 1.54) is 0 Å². The Morgan fingerprint density at radius 3 is 2.72 bits per heavy atom. The number of ether oxygens (including phenoxy) is 2. The van der Waals surface area contributed by atoms with Crippen molar-refractivity contribution in [1.29, 1.82) is 0 Å². The summed E-state index contributed by atoms with van der Waals surface area (Å²) in [6.07, 6.45) is 3.55. The maximum absolute atomic E-state index is 13.0. The van der Waals surface area contributed by atoms with Crippen molar-refractivity contribution in [2.75, 3.05) is 33.9 Å². The van der Waals surface area contributed by atoms with Crippen LogP contribution in [-0.4, -0.2) is 49.6 Å². The lowest BCUT2D eigenvalue weighted by Gasteiger charge is -2.36. The van der Waals surface area contributed by atoms with Gasteiger partial charge in [0.25, 0.3) is 5.91 Å². The molecule has 3 rings (SSSR count). The number of hydrogen-bond acceptors (Lipinski definition) is 5. The third-order valence-corrected chi connectivity index (χ3v) is 4.20. The Labute approximate surface area is 153 Å². The number of pyridine rings is 1. The Morgan fingerprint density at radius 2 is 2.04 bits per heavy atom. The third kappa shape index (κ3) is 4.03. The molecule has 2 heterocycles. The number of halogens is 1. The van der Waals surface area contributed by atoms with Gasteiger partial charge in [0.05, 0.1) is 20.3 Å². The molecule has 1 aromatic heterocycles. The number of nitrogens with one attached hydrogen (secondary N) is 1. The van der Waals surface area contributed by atoms with Gasteiger partial charge in [-0.15, -0.1) is 12.4 Å². The van der Waals surface area contributed by atoms with Gasteiger partial charge in [0, 0.05) is 37.6 Å². The summed E-state index contributed by atoms with van der Waals surface area (Å²) in [5.41, 5.74) is 1.61. The van der Waals surface area contributed by atoms with Crippen molar-refractivity contribution in [3.63, 3.8) is 0 Å². The first kappa shape index (κ1) is 19.0. The summed E-state index contributed by atoms with van der Waals surface area (Å²) in [5, 5.41) is 3.34. The first-order valence-electron chi connectivity index (χ1n) is 7.88. The minimum atomic E-state index is -0.0342. The molecule has 134 valence electrons. The summed E-state index contributed by atoms with van der Waals surface area (Å²) >= 11 is 0. The summed E-state index contributed by atoms with van der Waals surface area (Å²) in [6, 6.07) is 9.11. The van der Waals surface area contributed by atoms with Gasteiger partial charge < -0.3 is 19.7 Å². The van der Waals surface area contributed by atoms with Crippen LogP contribution in [0.4, 0.5) is 0 Å². The summed E-state index contributed by atoms with van der Waals surface area (Å²) < 4.78 is 10.5. The first-order valence-corrected chi connectivity index (χ1v) is 7.88. The molecule has 1 N–H and O–H groups in total. The van der Waals surface area contributed by atoms with Gasteiger partial charge in [0.1, 0.15) is 0 Å². The Balaban J connectivity index is 0.00000225. The van der Waals surface area contributed by atoms with E-state index in [1.54, 1.807) is 38.6 Å². The van der Waals surface area contributed by atoms with E-state index in [2.05, 4.69) is 10.3 Å². The molecule has 0 aliphatic carbocycles. The SMILES string of the molecule is COc1ccc(C(=O)N2CCNCC2c2cccnc2)cc1OC.Cl. The number of amides is 1. The Morgan fingerprint density at radius 1 is 1.24 bits per heavy atom. The molecule has 0 saturated carbocycles. The van der Waals surface area contributed by atoms with Gasteiger partial charge in [-0.2, -0.15) is 0 Å². The van der Waals surface area contributed by atoms with E-state index < -0.39 is 0 Å². The monoisotopic (exact) mass is 363 g/mol. The van der Waals surface area contributed by atoms with Gasteiger partial charge in [-0.3, -0.25) is 9.78 Å². The second-order valence-electron chi connectivity index (χ2n) is 5.57. The number of hydrogen-bond donors (Lipinski definition) is 1. The Bertz CT molecular complexity index is 712. The number of rotatable bonds is 4. The largest absolute Gasteiger partial charge is 0.493 e. The Kier molecular flexibility index (Phi) is 6.61. The van der Waals surface area contributed by atoms with Crippen LogP contribution in [0.5, 0.6) is 11.5 Å². The van der Waals surface area contributed by atoms with Crippen LogP contribution in [0.1, 0.15) is 22.0 Å². The molecule has 1 saturated heterocycles. The highest BCUT2D eigenvalue weighted by Gasteiger charge is 2.29. The van der Waals surface area contributed by atoms with E-state index in [0.717, 1.165) is 12.1 Å². The zero-order valence-corrected chi connectivity index (χ0v) is 15.1. The van der Waals surface area contributed by atoms with Crippen LogP contribution in [-0.2, 0) is 0 Å². The molecule has 1 aliphatic heterocycles. The number of methoxy groups -OCH3 is 2. The fourth-order valence-electron chi connectivity index (χ4n) is 2.95. The molecule has 2 aromatic rings. The van der Waals surface area contributed by atoms with Crippen molar-refractivity contribution < 1.29 is 14.3 Å². The van der Waals surface area contributed by atoms with E-state index in [-0.39, 0.29) is 24.4 Å². The molecule has 0 bridgehead atoms. The fraction of sp³-hybridized carbons (Fsp3) is 0.333. The number of carbonyl (C=O) groups excluding carboxylic acids is 1. The highest BCUT2D eigenvalue weighted by Crippen LogP contribution is 2.30. The molecule has 0 radical (unpaired) electrons. The van der Waals surface area contributed by atoms with Crippen molar-refractivity contribution in [3.05, 3.63) is 53.9 Å². The molecule has 1 atom stereocenters. The summed E-state index contributed by atoms with van der Waals surface area (Å²) in [4.78, 5) is 19.1. The van der Waals surface area contributed by atoms with Gasteiger partial charge in [0.15, 0.2) is 11.5 Å². The van der Waals surface area contributed by atoms with Crippen LogP contribution >= 0.6 is 12.4 Å². The van der Waals surface area contributed by atoms with Crippen molar-refractivity contribution >= 4 is 18.3 Å². The molecule has 6 nitrogen and oxygen atoms in total. The van der Waals surface area contributed by atoms with E-state index in [9.17, 15) is 4.79 Å². The lowest BCUT2D eigenvalue weighted by atomic mass is 10.0. The average Bonchev–Trinajstić information content (AvgIpc) is 2.67. The minimum Gasteiger partial charge on any atom is -0.493 e. The second-order valence-corrected chi connectivity index (χ2v) is 5.57. The maximum Gasteiger partial charge on any atom is 0.254 e. The molecule has 25 heavy (non-hydrogen) atoms. The van der Waals surface area contributed by atoms with Gasteiger partial charge in [-0.05, 0) is 29.8 Å². The normalized spacial score (nSPS) is 16.7. The predicted octanol–water partition coefficient (Wildman–Crippen LogP) is 2.31. The van der Waals surface area contributed by atoms with Gasteiger partial charge in [0.2, 0.25) is 0 Å². The van der Waals surface area contributed by atoms with Crippen molar-refractivity contribution in [2.45, 2.75) is 6.04 Å². The van der Waals surface area contributed by atoms with Gasteiger partial charge in [-0.25, -0.2) is 0 Å². The predicted molar refractivity (Wildman–Crippen MR) is 97.7 cm³/mol. The van der Waals surface area contributed by atoms with E-state index in [1.807, 2.05) is 23.2 Å². The molecule has 1 aromatic carbocycles. The van der Waals surface area contributed by atoms with E-state index in [4.69, 9.17) is 9.47 Å². The van der Waals surface area contributed by atoms with Crippen LogP contribution in [0.25, 0.3) is 0 Å². The fourth-order valence-corrected chi connectivity index (χ4v) is 2.95. The number of carbonyl (C=O) groups is 1. The molecule has 1 amide bonds. The van der Waals surface area contributed by atoms with Crippen LogP contribution in [0.3, 0.4) is 0 Å². The van der Waals surface area contributed by atoms with Crippen molar-refractivity contribution in [1.82, 2.24) is 15.2 Å². The van der Waals surface area contributed by atoms with Crippen LogP contribution in [0, 0.1) is 0 Å². The molecule has 0 spiro atoms. The molecule has 1 fully saturated rings. The van der Waals surface area contributed by atoms with Gasteiger partial charge >= 0.3 is 0 Å². The van der Waals surface area contributed by atoms with E-state index >= 15 is 0 Å². The maximum atomic E-state index is 13.0. The highest BCUT2D eigenvalue weighted by molar-refractivity contribution is 5.95. The smallest absolute Gasteiger partial charge is 0.254 e. The first-order chi connectivity index (χ1) is 11.7. The molecular formula is C18H22ClN3O3. The highest BCUT2D eigenvalue weighted by atomic mass is 35.5. The van der Waals surface area contributed by atoms with E-state index in [0.29, 0.717) is 30.2 Å². The lowest BCUT2D eigenvalue weighted by molar-refractivity contribution is 0.0633. The minimum absolute atomic E-state index is 0. The molecule has 1 unspecified atom stereocenters. The number of nitrogens with zero attached hydrogens (tertiary/aromatic N) is 2. The molecule has 7 heteroatoms. The zero-order valence-electron chi connectivity index (χ0n) is 14.3. The van der Waals surface area contributed by atoms with Crippen LogP contribution < -0.4 is 14.8 Å². The van der Waals surface area contributed by atoms with Crippen molar-refractivity contribution in [3.8, 4) is 11.5 Å². The molecular weight excluding hydrogens is 342 g/mol. The lowest BCUT2D eigenvalue weighted by Crippen LogP contribution is -2.48. The number of piperazine rings is 1. The standard InChI is InChI=1S/C18H21N3O3.ClH/c1-23-16-6-5-13(10-17(16)24-2)18(22)21-9-8-20-12-15(21)14-4-3-7-19-11-14;/h3-7,10-11,15,20H,8-9,12H2,1-2H3;1H. The molecule has 1 aliphatic rings. The average molecular weight is 364 g/mol. The number of aromatic nitrogens is 1. The number of benzene rings is 1. The van der Waals surface area contributed by atoms with Gasteiger partial charge in [-0.1, -0.05) is 6.07 Å². The summed E-state index contributed by atoms with van der Waals surface area (Å²) in [5.74, 6) is 1.14. The van der Waals surface area contributed by atoms with Crippen LogP contribution in [0.2, 0.25) is 0 Å².